The Labute approximate surface area is 165 Å². The summed E-state index contributed by atoms with van der Waals surface area (Å²) in [5, 5.41) is 4.67. The third kappa shape index (κ3) is 3.30. The zero-order chi connectivity index (χ0) is 20.4. The summed E-state index contributed by atoms with van der Waals surface area (Å²) >= 11 is 0. The third-order valence-electron chi connectivity index (χ3n) is 4.57. The fourth-order valence-electron chi connectivity index (χ4n) is 3.28. The number of aromatic nitrogens is 4. The lowest BCUT2D eigenvalue weighted by Crippen LogP contribution is -2.13. The number of rotatable bonds is 7. The minimum absolute atomic E-state index is 0.538. The second-order valence-electron chi connectivity index (χ2n) is 6.70. The lowest BCUT2D eigenvalue weighted by molar-refractivity contribution is 0.324. The molecule has 0 aliphatic heterocycles. The van der Waals surface area contributed by atoms with Gasteiger partial charge in [0.15, 0.2) is 23.1 Å². The molecule has 2 aromatic heterocycles. The third-order valence-corrected chi connectivity index (χ3v) is 4.57. The molecule has 0 unspecified atom stereocenters. The lowest BCUT2D eigenvalue weighted by atomic mass is 10.1. The van der Waals surface area contributed by atoms with Crippen LogP contribution < -0.4 is 19.1 Å². The quantitative estimate of drug-likeness (QED) is 0.619. The van der Waals surface area contributed by atoms with Crippen LogP contribution in [0, 0.1) is 0 Å². The molecule has 0 aliphatic rings. The fraction of sp³-hybridized carbons (Fsp3) is 0.450. The summed E-state index contributed by atoms with van der Waals surface area (Å²) in [5.74, 6) is 3.06. The number of benzene rings is 1. The predicted molar refractivity (Wildman–Crippen MR) is 110 cm³/mol. The standard InChI is InChI=1S/C20H27N5O3/c1-8-9-13-16-17(25(4)23-13)20(24(2)3)22-19(21-16)12-10-14(26-5)18(28-7)15(11-12)27-6/h10-11H,8-9H2,1-7H3. The molecule has 0 saturated carbocycles. The van der Waals surface area contributed by atoms with Gasteiger partial charge in [-0.3, -0.25) is 4.68 Å². The summed E-state index contributed by atoms with van der Waals surface area (Å²) < 4.78 is 18.2. The van der Waals surface area contributed by atoms with Gasteiger partial charge >= 0.3 is 0 Å². The van der Waals surface area contributed by atoms with E-state index in [1.54, 1.807) is 21.3 Å². The van der Waals surface area contributed by atoms with E-state index in [-0.39, 0.29) is 0 Å². The number of ether oxygens (including phenoxy) is 3. The number of hydrogen-bond donors (Lipinski definition) is 0. The second-order valence-corrected chi connectivity index (χ2v) is 6.70. The number of anilines is 1. The summed E-state index contributed by atoms with van der Waals surface area (Å²) in [6, 6.07) is 3.72. The van der Waals surface area contributed by atoms with Crippen molar-refractivity contribution in [2.24, 2.45) is 7.05 Å². The van der Waals surface area contributed by atoms with Crippen LogP contribution in [0.1, 0.15) is 19.0 Å². The van der Waals surface area contributed by atoms with Gasteiger partial charge in [0.25, 0.3) is 0 Å². The molecule has 0 spiro atoms. The van der Waals surface area contributed by atoms with Crippen molar-refractivity contribution < 1.29 is 14.2 Å². The van der Waals surface area contributed by atoms with Crippen LogP contribution in [-0.2, 0) is 13.5 Å². The van der Waals surface area contributed by atoms with Crippen LogP contribution in [0.2, 0.25) is 0 Å². The van der Waals surface area contributed by atoms with Crippen LogP contribution >= 0.6 is 0 Å². The normalized spacial score (nSPS) is 11.0. The molecule has 0 bridgehead atoms. The van der Waals surface area contributed by atoms with Crippen LogP contribution in [0.15, 0.2) is 12.1 Å². The highest BCUT2D eigenvalue weighted by Crippen LogP contribution is 2.41. The van der Waals surface area contributed by atoms with Crippen molar-refractivity contribution in [3.05, 3.63) is 17.8 Å². The Morgan fingerprint density at radius 2 is 1.64 bits per heavy atom. The molecule has 0 radical (unpaired) electrons. The maximum Gasteiger partial charge on any atom is 0.203 e. The molecule has 0 atom stereocenters. The molecule has 3 aromatic rings. The molecule has 0 saturated heterocycles. The Kier molecular flexibility index (Phi) is 5.58. The first-order valence-corrected chi connectivity index (χ1v) is 9.16. The van der Waals surface area contributed by atoms with E-state index in [2.05, 4.69) is 12.0 Å². The SMILES string of the molecule is CCCc1nn(C)c2c(N(C)C)nc(-c3cc(OC)c(OC)c(OC)c3)nc12. The molecule has 28 heavy (non-hydrogen) atoms. The Morgan fingerprint density at radius 1 is 1.00 bits per heavy atom. The van der Waals surface area contributed by atoms with Crippen LogP contribution in [0.4, 0.5) is 5.82 Å². The summed E-state index contributed by atoms with van der Waals surface area (Å²) in [6.07, 6.45) is 1.85. The van der Waals surface area contributed by atoms with Gasteiger partial charge in [0.1, 0.15) is 11.0 Å². The largest absolute Gasteiger partial charge is 0.493 e. The molecule has 8 heteroatoms. The van der Waals surface area contributed by atoms with Crippen LogP contribution in [0.3, 0.4) is 0 Å². The second kappa shape index (κ2) is 7.92. The van der Waals surface area contributed by atoms with Gasteiger partial charge in [0, 0.05) is 26.7 Å². The minimum Gasteiger partial charge on any atom is -0.493 e. The van der Waals surface area contributed by atoms with Gasteiger partial charge in [-0.25, -0.2) is 9.97 Å². The molecular formula is C20H27N5O3. The molecule has 0 fully saturated rings. The van der Waals surface area contributed by atoms with Crippen molar-refractivity contribution in [3.63, 3.8) is 0 Å². The van der Waals surface area contributed by atoms with E-state index >= 15 is 0 Å². The average Bonchev–Trinajstić information content (AvgIpc) is 3.01. The zero-order valence-electron chi connectivity index (χ0n) is 17.5. The molecule has 0 amide bonds. The number of fused-ring (bicyclic) bond motifs is 1. The molecule has 3 rings (SSSR count). The van der Waals surface area contributed by atoms with E-state index in [0.29, 0.717) is 23.1 Å². The van der Waals surface area contributed by atoms with E-state index < -0.39 is 0 Å². The number of aryl methyl sites for hydroxylation is 2. The fourth-order valence-corrected chi connectivity index (χ4v) is 3.28. The van der Waals surface area contributed by atoms with Crippen LogP contribution in [0.5, 0.6) is 17.2 Å². The Morgan fingerprint density at radius 3 is 2.14 bits per heavy atom. The molecule has 2 heterocycles. The van der Waals surface area contributed by atoms with E-state index in [1.807, 2.05) is 42.9 Å². The Balaban J connectivity index is 2.30. The van der Waals surface area contributed by atoms with Gasteiger partial charge in [-0.15, -0.1) is 0 Å². The number of nitrogens with zero attached hydrogens (tertiary/aromatic N) is 5. The van der Waals surface area contributed by atoms with Crippen molar-refractivity contribution >= 4 is 16.9 Å². The zero-order valence-corrected chi connectivity index (χ0v) is 17.5. The maximum atomic E-state index is 5.49. The van der Waals surface area contributed by atoms with Gasteiger partial charge in [0.05, 0.1) is 27.0 Å². The lowest BCUT2D eigenvalue weighted by Gasteiger charge is -2.16. The van der Waals surface area contributed by atoms with Gasteiger partial charge < -0.3 is 19.1 Å². The Bertz CT molecular complexity index is 972. The first-order valence-electron chi connectivity index (χ1n) is 9.16. The van der Waals surface area contributed by atoms with E-state index in [4.69, 9.17) is 24.2 Å². The summed E-state index contributed by atoms with van der Waals surface area (Å²) in [6.45, 7) is 2.13. The van der Waals surface area contributed by atoms with E-state index in [9.17, 15) is 0 Å². The summed E-state index contributed by atoms with van der Waals surface area (Å²) in [4.78, 5) is 11.6. The highest BCUT2D eigenvalue weighted by Gasteiger charge is 2.21. The monoisotopic (exact) mass is 385 g/mol. The molecule has 0 aliphatic carbocycles. The van der Waals surface area contributed by atoms with Gasteiger partial charge in [-0.2, -0.15) is 5.10 Å². The Hall–Kier alpha value is -3.03. The van der Waals surface area contributed by atoms with Crippen molar-refractivity contribution in [2.45, 2.75) is 19.8 Å². The average molecular weight is 385 g/mol. The first kappa shape index (κ1) is 19.7. The van der Waals surface area contributed by atoms with E-state index in [0.717, 1.165) is 41.0 Å². The summed E-state index contributed by atoms with van der Waals surface area (Å²) in [5.41, 5.74) is 3.54. The van der Waals surface area contributed by atoms with Gasteiger partial charge in [-0.05, 0) is 18.6 Å². The molecule has 1 aromatic carbocycles. The summed E-state index contributed by atoms with van der Waals surface area (Å²) in [7, 11) is 10.6. The van der Waals surface area contributed by atoms with Gasteiger partial charge in [-0.1, -0.05) is 13.3 Å². The molecular weight excluding hydrogens is 358 g/mol. The van der Waals surface area contributed by atoms with Gasteiger partial charge in [0.2, 0.25) is 5.75 Å². The van der Waals surface area contributed by atoms with Crippen molar-refractivity contribution in [1.29, 1.82) is 0 Å². The molecule has 8 nitrogen and oxygen atoms in total. The first-order chi connectivity index (χ1) is 13.4. The predicted octanol–water partition coefficient (Wildman–Crippen LogP) is 3.07. The molecule has 0 N–H and O–H groups in total. The topological polar surface area (TPSA) is 74.5 Å². The van der Waals surface area contributed by atoms with Crippen molar-refractivity contribution in [3.8, 4) is 28.6 Å². The van der Waals surface area contributed by atoms with Crippen LogP contribution in [-0.4, -0.2) is 55.2 Å². The maximum absolute atomic E-state index is 5.49. The van der Waals surface area contributed by atoms with E-state index in [1.165, 1.54) is 0 Å². The molecule has 150 valence electrons. The van der Waals surface area contributed by atoms with Crippen LogP contribution in [0.25, 0.3) is 22.4 Å². The highest BCUT2D eigenvalue weighted by atomic mass is 16.5. The number of hydrogen-bond acceptors (Lipinski definition) is 7. The van der Waals surface area contributed by atoms with Crippen molar-refractivity contribution in [2.75, 3.05) is 40.3 Å². The minimum atomic E-state index is 0.538. The highest BCUT2D eigenvalue weighted by molar-refractivity contribution is 5.90. The smallest absolute Gasteiger partial charge is 0.203 e. The number of methoxy groups -OCH3 is 3. The van der Waals surface area contributed by atoms with Crippen molar-refractivity contribution in [1.82, 2.24) is 19.7 Å².